The fourth-order valence-electron chi connectivity index (χ4n) is 2.06. The molecule has 1 heterocycles. The van der Waals surface area contributed by atoms with Gasteiger partial charge in [0.2, 0.25) is 0 Å². The van der Waals surface area contributed by atoms with Crippen molar-refractivity contribution in [3.63, 3.8) is 0 Å². The van der Waals surface area contributed by atoms with E-state index in [1.807, 2.05) is 0 Å². The maximum atomic E-state index is 13.7. The molecule has 0 radical (unpaired) electrons. The average molecular weight is 360 g/mol. The number of rotatable bonds is 2. The van der Waals surface area contributed by atoms with Crippen LogP contribution in [0.2, 0.25) is 0 Å². The van der Waals surface area contributed by atoms with E-state index in [1.54, 1.807) is 0 Å². The van der Waals surface area contributed by atoms with Crippen molar-refractivity contribution in [3.8, 4) is 0 Å². The van der Waals surface area contributed by atoms with Gasteiger partial charge in [-0.3, -0.25) is 0 Å². The van der Waals surface area contributed by atoms with Crippen LogP contribution in [0.25, 0.3) is 0 Å². The fourth-order valence-corrected chi connectivity index (χ4v) is 4.70. The normalized spacial score (nSPS) is 24.1. The Balaban J connectivity index is 2.30. The summed E-state index contributed by atoms with van der Waals surface area (Å²) in [7, 11) is -3.09. The molecule has 2 rings (SSSR count). The summed E-state index contributed by atoms with van der Waals surface area (Å²) in [5.74, 6) is -1.63. The summed E-state index contributed by atoms with van der Waals surface area (Å²) in [6, 6.07) is 2.02. The Kier molecular flexibility index (Phi) is 3.99. The van der Waals surface area contributed by atoms with Gasteiger partial charge in [0.1, 0.15) is 11.6 Å². The van der Waals surface area contributed by atoms with Gasteiger partial charge >= 0.3 is 0 Å². The van der Waals surface area contributed by atoms with Crippen LogP contribution in [0, 0.1) is 17.6 Å². The molecule has 0 spiro atoms. The van der Waals surface area contributed by atoms with Gasteiger partial charge in [0.25, 0.3) is 0 Å². The molecule has 0 amide bonds. The van der Waals surface area contributed by atoms with Crippen molar-refractivity contribution >= 4 is 37.4 Å². The van der Waals surface area contributed by atoms with Crippen LogP contribution in [0.15, 0.2) is 16.6 Å². The second kappa shape index (κ2) is 5.06. The zero-order chi connectivity index (χ0) is 13.5. The van der Waals surface area contributed by atoms with E-state index in [2.05, 4.69) is 15.9 Å². The molecule has 1 fully saturated rings. The molecule has 0 saturated carbocycles. The van der Waals surface area contributed by atoms with Gasteiger partial charge in [0, 0.05) is 5.56 Å². The molecule has 100 valence electrons. The summed E-state index contributed by atoms with van der Waals surface area (Å²) in [6.45, 7) is 0. The standard InChI is InChI=1S/C11H10BrClF2O2S/c12-8-4-9(14)7(3-10(8)15)11(13)6-1-2-18(16,17)5-6/h3-4,6,11H,1-2,5H2. The van der Waals surface area contributed by atoms with Crippen LogP contribution in [0.5, 0.6) is 0 Å². The van der Waals surface area contributed by atoms with Gasteiger partial charge in [-0.2, -0.15) is 0 Å². The molecule has 0 aliphatic carbocycles. The number of hydrogen-bond acceptors (Lipinski definition) is 2. The molecule has 18 heavy (non-hydrogen) atoms. The van der Waals surface area contributed by atoms with Crippen molar-refractivity contribution in [2.24, 2.45) is 5.92 Å². The topological polar surface area (TPSA) is 34.1 Å². The monoisotopic (exact) mass is 358 g/mol. The Morgan fingerprint density at radius 1 is 1.33 bits per heavy atom. The maximum absolute atomic E-state index is 13.7. The lowest BCUT2D eigenvalue weighted by atomic mass is 9.98. The largest absolute Gasteiger partial charge is 0.229 e. The summed E-state index contributed by atoms with van der Waals surface area (Å²) in [5.41, 5.74) is 0.0134. The predicted molar refractivity (Wildman–Crippen MR) is 69.4 cm³/mol. The number of halogens is 4. The Hall–Kier alpha value is -0.200. The minimum absolute atomic E-state index is 0.0134. The van der Waals surface area contributed by atoms with Crippen LogP contribution in [0.4, 0.5) is 8.78 Å². The highest BCUT2D eigenvalue weighted by molar-refractivity contribution is 9.10. The first-order valence-corrected chi connectivity index (χ1v) is 8.34. The maximum Gasteiger partial charge on any atom is 0.150 e. The fraction of sp³-hybridized carbons (Fsp3) is 0.455. The van der Waals surface area contributed by atoms with Crippen LogP contribution in [0.1, 0.15) is 17.4 Å². The molecule has 2 atom stereocenters. The highest BCUT2D eigenvalue weighted by atomic mass is 79.9. The Labute approximate surface area is 117 Å². The molecule has 1 aliphatic heterocycles. The third-order valence-corrected chi connectivity index (χ3v) is 6.01. The van der Waals surface area contributed by atoms with Gasteiger partial charge < -0.3 is 0 Å². The van der Waals surface area contributed by atoms with Crippen LogP contribution in [-0.4, -0.2) is 19.9 Å². The van der Waals surface area contributed by atoms with Crippen molar-refractivity contribution in [1.29, 1.82) is 0 Å². The summed E-state index contributed by atoms with van der Waals surface area (Å²) in [5, 5.41) is -0.829. The molecular weight excluding hydrogens is 350 g/mol. The third-order valence-electron chi connectivity index (χ3n) is 3.02. The van der Waals surface area contributed by atoms with Crippen molar-refractivity contribution in [1.82, 2.24) is 0 Å². The lowest BCUT2D eigenvalue weighted by Gasteiger charge is -2.17. The van der Waals surface area contributed by atoms with Crippen LogP contribution < -0.4 is 0 Å². The molecule has 0 aromatic heterocycles. The minimum atomic E-state index is -3.09. The first-order chi connectivity index (χ1) is 8.30. The SMILES string of the molecule is O=S1(=O)CCC(C(Cl)c2cc(F)c(Br)cc2F)C1. The number of alkyl halides is 1. The summed E-state index contributed by atoms with van der Waals surface area (Å²) < 4.78 is 49.8. The van der Waals surface area contributed by atoms with Gasteiger partial charge in [-0.05, 0) is 40.4 Å². The molecule has 7 heteroatoms. The van der Waals surface area contributed by atoms with E-state index in [0.717, 1.165) is 12.1 Å². The van der Waals surface area contributed by atoms with Crippen LogP contribution in [-0.2, 0) is 9.84 Å². The molecule has 1 saturated heterocycles. The van der Waals surface area contributed by atoms with Crippen LogP contribution >= 0.6 is 27.5 Å². The van der Waals surface area contributed by atoms with Gasteiger partial charge in [-0.25, -0.2) is 17.2 Å². The van der Waals surface area contributed by atoms with E-state index in [9.17, 15) is 17.2 Å². The van der Waals surface area contributed by atoms with Crippen molar-refractivity contribution in [3.05, 3.63) is 33.8 Å². The van der Waals surface area contributed by atoms with E-state index in [-0.39, 0.29) is 27.5 Å². The first-order valence-electron chi connectivity index (χ1n) is 5.29. The minimum Gasteiger partial charge on any atom is -0.229 e. The Morgan fingerprint density at radius 2 is 2.00 bits per heavy atom. The quantitative estimate of drug-likeness (QED) is 0.599. The molecule has 0 N–H and O–H groups in total. The number of benzene rings is 1. The van der Waals surface area contributed by atoms with E-state index in [1.165, 1.54) is 0 Å². The van der Waals surface area contributed by atoms with E-state index in [0.29, 0.717) is 6.42 Å². The van der Waals surface area contributed by atoms with E-state index < -0.39 is 26.8 Å². The van der Waals surface area contributed by atoms with Gasteiger partial charge in [0.15, 0.2) is 9.84 Å². The highest BCUT2D eigenvalue weighted by Crippen LogP contribution is 2.38. The lowest BCUT2D eigenvalue weighted by molar-refractivity contribution is 0.526. The van der Waals surface area contributed by atoms with E-state index in [4.69, 9.17) is 11.6 Å². The lowest BCUT2D eigenvalue weighted by Crippen LogP contribution is -2.12. The zero-order valence-corrected chi connectivity index (χ0v) is 12.3. The van der Waals surface area contributed by atoms with Crippen molar-refractivity contribution in [2.45, 2.75) is 11.8 Å². The smallest absolute Gasteiger partial charge is 0.150 e. The first kappa shape index (κ1) is 14.2. The molecule has 1 aromatic carbocycles. The second-order valence-corrected chi connectivity index (χ2v) is 7.91. The number of hydrogen-bond donors (Lipinski definition) is 0. The zero-order valence-electron chi connectivity index (χ0n) is 9.17. The second-order valence-electron chi connectivity index (χ2n) is 4.35. The summed E-state index contributed by atoms with van der Waals surface area (Å²) in [6.07, 6.45) is 0.383. The molecule has 1 aromatic rings. The van der Waals surface area contributed by atoms with Crippen molar-refractivity contribution in [2.75, 3.05) is 11.5 Å². The number of sulfone groups is 1. The molecule has 2 nitrogen and oxygen atoms in total. The van der Waals surface area contributed by atoms with Gasteiger partial charge in [-0.15, -0.1) is 11.6 Å². The predicted octanol–water partition coefficient (Wildman–Crippen LogP) is 3.44. The summed E-state index contributed by atoms with van der Waals surface area (Å²) >= 11 is 8.96. The van der Waals surface area contributed by atoms with Gasteiger partial charge in [0.05, 0.1) is 21.4 Å². The summed E-state index contributed by atoms with van der Waals surface area (Å²) in [4.78, 5) is 0. The molecule has 0 bridgehead atoms. The van der Waals surface area contributed by atoms with Crippen molar-refractivity contribution < 1.29 is 17.2 Å². The average Bonchev–Trinajstić information content (AvgIpc) is 2.63. The Morgan fingerprint density at radius 3 is 2.56 bits per heavy atom. The molecule has 2 unspecified atom stereocenters. The van der Waals surface area contributed by atoms with E-state index >= 15 is 0 Å². The van der Waals surface area contributed by atoms with Crippen LogP contribution in [0.3, 0.4) is 0 Å². The highest BCUT2D eigenvalue weighted by Gasteiger charge is 2.34. The molecule has 1 aliphatic rings. The van der Waals surface area contributed by atoms with Gasteiger partial charge in [-0.1, -0.05) is 0 Å². The Bertz CT molecular complexity index is 577. The third kappa shape index (κ3) is 2.86. The molecular formula is C11H10BrClF2O2S.